The fourth-order valence-corrected chi connectivity index (χ4v) is 3.11. The van der Waals surface area contributed by atoms with Crippen molar-refractivity contribution in [2.45, 2.75) is 19.8 Å². The second-order valence-corrected chi connectivity index (χ2v) is 6.89. The summed E-state index contributed by atoms with van der Waals surface area (Å²) in [5.41, 5.74) is 3.19. The van der Waals surface area contributed by atoms with Crippen LogP contribution in [0.5, 0.6) is 0 Å². The SMILES string of the molecule is CCc1ccc(CCOC(=O)c2ccc(/C=C3\SC(=O)NC3=O)cc2)nc1. The number of aryl methyl sites for hydroxylation is 1. The maximum atomic E-state index is 12.1. The summed E-state index contributed by atoms with van der Waals surface area (Å²) in [7, 11) is 0. The molecule has 138 valence electrons. The summed E-state index contributed by atoms with van der Waals surface area (Å²) in [5.74, 6) is -0.823. The van der Waals surface area contributed by atoms with Crippen LogP contribution in [0.15, 0.2) is 47.5 Å². The maximum absolute atomic E-state index is 12.1. The highest BCUT2D eigenvalue weighted by atomic mass is 32.2. The predicted molar refractivity (Wildman–Crippen MR) is 103 cm³/mol. The molecule has 0 saturated carbocycles. The molecule has 0 unspecified atom stereocenters. The van der Waals surface area contributed by atoms with E-state index in [2.05, 4.69) is 17.2 Å². The molecule has 6 nitrogen and oxygen atoms in total. The van der Waals surface area contributed by atoms with Crippen LogP contribution in [-0.2, 0) is 22.4 Å². The number of ether oxygens (including phenoxy) is 1. The van der Waals surface area contributed by atoms with Gasteiger partial charge in [0, 0.05) is 18.3 Å². The average Bonchev–Trinajstić information content (AvgIpc) is 2.99. The Morgan fingerprint density at radius 3 is 2.56 bits per heavy atom. The topological polar surface area (TPSA) is 85.4 Å². The molecule has 2 heterocycles. The Hall–Kier alpha value is -2.93. The van der Waals surface area contributed by atoms with Gasteiger partial charge in [-0.3, -0.25) is 19.9 Å². The number of hydrogen-bond donors (Lipinski definition) is 1. The largest absolute Gasteiger partial charge is 0.462 e. The third-order valence-corrected chi connectivity index (χ3v) is 4.78. The van der Waals surface area contributed by atoms with Crippen molar-refractivity contribution in [2.24, 2.45) is 0 Å². The summed E-state index contributed by atoms with van der Waals surface area (Å²) in [6, 6.07) is 10.6. The quantitative estimate of drug-likeness (QED) is 0.609. The molecule has 0 aliphatic carbocycles. The van der Waals surface area contributed by atoms with Crippen molar-refractivity contribution in [2.75, 3.05) is 6.61 Å². The molecule has 0 bridgehead atoms. The lowest BCUT2D eigenvalue weighted by molar-refractivity contribution is -0.115. The lowest BCUT2D eigenvalue weighted by atomic mass is 10.1. The Labute approximate surface area is 161 Å². The van der Waals surface area contributed by atoms with Crippen molar-refractivity contribution in [3.63, 3.8) is 0 Å². The molecule has 1 aromatic carbocycles. The van der Waals surface area contributed by atoms with Gasteiger partial charge in [-0.25, -0.2) is 4.79 Å². The Balaban J connectivity index is 1.53. The van der Waals surface area contributed by atoms with Crippen LogP contribution < -0.4 is 5.32 Å². The summed E-state index contributed by atoms with van der Waals surface area (Å²) in [6.45, 7) is 2.32. The summed E-state index contributed by atoms with van der Waals surface area (Å²) < 4.78 is 5.29. The lowest BCUT2D eigenvalue weighted by Gasteiger charge is -2.06. The molecule has 27 heavy (non-hydrogen) atoms. The third kappa shape index (κ3) is 5.04. The van der Waals surface area contributed by atoms with E-state index in [1.54, 1.807) is 30.3 Å². The van der Waals surface area contributed by atoms with Gasteiger partial charge in [-0.15, -0.1) is 0 Å². The van der Waals surface area contributed by atoms with E-state index in [0.29, 0.717) is 16.9 Å². The van der Waals surface area contributed by atoms with Crippen molar-refractivity contribution in [3.8, 4) is 0 Å². The summed E-state index contributed by atoms with van der Waals surface area (Å²) in [5, 5.41) is 1.81. The highest BCUT2D eigenvalue weighted by Gasteiger charge is 2.24. The van der Waals surface area contributed by atoms with E-state index >= 15 is 0 Å². The van der Waals surface area contributed by atoms with Crippen molar-refractivity contribution in [1.82, 2.24) is 10.3 Å². The number of imide groups is 1. The zero-order chi connectivity index (χ0) is 19.2. The number of rotatable bonds is 6. The molecule has 2 amide bonds. The Morgan fingerprint density at radius 2 is 1.96 bits per heavy atom. The van der Waals surface area contributed by atoms with E-state index in [9.17, 15) is 14.4 Å². The van der Waals surface area contributed by atoms with Crippen LogP contribution in [0, 0.1) is 0 Å². The van der Waals surface area contributed by atoms with E-state index in [1.165, 1.54) is 5.56 Å². The fraction of sp³-hybridized carbons (Fsp3) is 0.200. The van der Waals surface area contributed by atoms with Crippen molar-refractivity contribution >= 4 is 35.0 Å². The predicted octanol–water partition coefficient (Wildman–Crippen LogP) is 3.37. The molecule has 1 saturated heterocycles. The number of benzene rings is 1. The summed E-state index contributed by atoms with van der Waals surface area (Å²) in [4.78, 5) is 39.5. The van der Waals surface area contributed by atoms with Crippen molar-refractivity contribution < 1.29 is 19.1 Å². The van der Waals surface area contributed by atoms with Crippen LogP contribution in [0.1, 0.15) is 34.1 Å². The number of thioether (sulfide) groups is 1. The van der Waals surface area contributed by atoms with Crippen molar-refractivity contribution in [1.29, 1.82) is 0 Å². The van der Waals surface area contributed by atoms with Gasteiger partial charge in [-0.2, -0.15) is 0 Å². The third-order valence-electron chi connectivity index (χ3n) is 3.97. The minimum Gasteiger partial charge on any atom is -0.462 e. The van der Waals surface area contributed by atoms with Gasteiger partial charge in [-0.05, 0) is 53.6 Å². The smallest absolute Gasteiger partial charge is 0.338 e. The van der Waals surface area contributed by atoms with Crippen LogP contribution in [0.3, 0.4) is 0 Å². The number of nitrogens with one attached hydrogen (secondary N) is 1. The minimum absolute atomic E-state index is 0.252. The zero-order valence-electron chi connectivity index (χ0n) is 14.7. The van der Waals surface area contributed by atoms with Gasteiger partial charge >= 0.3 is 5.97 Å². The number of aromatic nitrogens is 1. The molecule has 0 spiro atoms. The van der Waals surface area contributed by atoms with Crippen LogP contribution in [-0.4, -0.2) is 28.7 Å². The molecule has 7 heteroatoms. The molecule has 1 N–H and O–H groups in total. The molecular weight excluding hydrogens is 364 g/mol. The van der Waals surface area contributed by atoms with E-state index in [4.69, 9.17) is 4.74 Å². The number of carbonyl (C=O) groups is 3. The first-order valence-electron chi connectivity index (χ1n) is 8.51. The summed E-state index contributed by atoms with van der Waals surface area (Å²) >= 11 is 0.854. The van der Waals surface area contributed by atoms with Gasteiger partial charge < -0.3 is 4.74 Å². The molecular formula is C20H18N2O4S. The number of carbonyl (C=O) groups excluding carboxylic acids is 3. The molecule has 0 atom stereocenters. The first-order chi connectivity index (χ1) is 13.0. The number of hydrogen-bond acceptors (Lipinski definition) is 6. The highest BCUT2D eigenvalue weighted by Crippen LogP contribution is 2.25. The molecule has 1 aromatic heterocycles. The average molecular weight is 382 g/mol. The van der Waals surface area contributed by atoms with Gasteiger partial charge in [0.15, 0.2) is 0 Å². The van der Waals surface area contributed by atoms with Crippen LogP contribution in [0.25, 0.3) is 6.08 Å². The highest BCUT2D eigenvalue weighted by molar-refractivity contribution is 8.18. The fourth-order valence-electron chi connectivity index (χ4n) is 2.43. The maximum Gasteiger partial charge on any atom is 0.338 e. The van der Waals surface area contributed by atoms with Gasteiger partial charge in [0.2, 0.25) is 0 Å². The number of nitrogens with zero attached hydrogens (tertiary/aromatic N) is 1. The van der Waals surface area contributed by atoms with Gasteiger partial charge in [0.25, 0.3) is 11.1 Å². The monoisotopic (exact) mass is 382 g/mol. The first-order valence-corrected chi connectivity index (χ1v) is 9.32. The Morgan fingerprint density at radius 1 is 1.19 bits per heavy atom. The van der Waals surface area contributed by atoms with E-state index in [0.717, 1.165) is 29.4 Å². The van der Waals surface area contributed by atoms with Crippen LogP contribution >= 0.6 is 11.8 Å². The molecule has 3 rings (SSSR count). The van der Waals surface area contributed by atoms with E-state index in [1.807, 2.05) is 18.3 Å². The van der Waals surface area contributed by atoms with Crippen molar-refractivity contribution in [3.05, 3.63) is 69.9 Å². The van der Waals surface area contributed by atoms with Crippen LogP contribution in [0.4, 0.5) is 4.79 Å². The number of pyridine rings is 1. The molecule has 0 radical (unpaired) electrons. The minimum atomic E-state index is -0.414. The second-order valence-electron chi connectivity index (χ2n) is 5.87. The standard InChI is InChI=1S/C20H18N2O4S/c1-2-13-5-8-16(21-12-13)9-10-26-19(24)15-6-3-14(4-7-15)11-17-18(23)22-20(25)27-17/h3-8,11-12H,2,9-10H2,1H3,(H,22,23,25)/b17-11-. The molecule has 1 aliphatic rings. The Bertz CT molecular complexity index is 889. The molecule has 1 aliphatic heterocycles. The van der Waals surface area contributed by atoms with E-state index in [-0.39, 0.29) is 11.8 Å². The van der Waals surface area contributed by atoms with Gasteiger partial charge in [0.1, 0.15) is 0 Å². The Kier molecular flexibility index (Phi) is 6.03. The second kappa shape index (κ2) is 8.64. The normalized spacial score (nSPS) is 15.1. The first kappa shape index (κ1) is 18.8. The number of esters is 1. The lowest BCUT2D eigenvalue weighted by Crippen LogP contribution is -2.17. The summed E-state index contributed by atoms with van der Waals surface area (Å²) in [6.07, 6.45) is 4.93. The van der Waals surface area contributed by atoms with Crippen LogP contribution in [0.2, 0.25) is 0 Å². The number of amides is 2. The molecule has 2 aromatic rings. The molecule has 1 fully saturated rings. The zero-order valence-corrected chi connectivity index (χ0v) is 15.5. The van der Waals surface area contributed by atoms with Gasteiger partial charge in [0.05, 0.1) is 17.1 Å². The van der Waals surface area contributed by atoms with E-state index < -0.39 is 11.9 Å². The van der Waals surface area contributed by atoms with Gasteiger partial charge in [-0.1, -0.05) is 25.1 Å².